The van der Waals surface area contributed by atoms with Crippen LogP contribution in [0.1, 0.15) is 15.9 Å². The lowest BCUT2D eigenvalue weighted by Gasteiger charge is -2.15. The zero-order valence-corrected chi connectivity index (χ0v) is 17.1. The van der Waals surface area contributed by atoms with E-state index in [1.807, 2.05) is 0 Å². The number of amides is 1. The maximum Gasteiger partial charge on any atom is 0.418 e. The maximum absolute atomic E-state index is 13.0. The molecule has 3 rings (SSSR count). The number of rotatable bonds is 6. The second kappa shape index (κ2) is 8.86. The molecule has 31 heavy (non-hydrogen) atoms. The number of nitrogens with one attached hydrogen (secondary N) is 3. The Bertz CT molecular complexity index is 1220. The number of hydrogen-bond donors (Lipinski definition) is 3. The van der Waals surface area contributed by atoms with E-state index in [-0.39, 0.29) is 21.8 Å². The molecule has 3 N–H and O–H groups in total. The Hall–Kier alpha value is -3.24. The van der Waals surface area contributed by atoms with E-state index in [0.29, 0.717) is 5.02 Å². The van der Waals surface area contributed by atoms with Crippen LogP contribution in [0.5, 0.6) is 0 Å². The van der Waals surface area contributed by atoms with Gasteiger partial charge < -0.3 is 0 Å². The topological polar surface area (TPSA) is 87.3 Å². The van der Waals surface area contributed by atoms with Crippen LogP contribution in [0.2, 0.25) is 5.02 Å². The highest BCUT2D eigenvalue weighted by Crippen LogP contribution is 2.34. The summed E-state index contributed by atoms with van der Waals surface area (Å²) in [5.74, 6) is -0.822. The quantitative estimate of drug-likeness (QED) is 0.447. The van der Waals surface area contributed by atoms with Crippen molar-refractivity contribution < 1.29 is 26.4 Å². The minimum Gasteiger partial charge on any atom is -0.298 e. The molecule has 0 saturated carbocycles. The zero-order chi connectivity index (χ0) is 22.6. The molecule has 0 aromatic heterocycles. The molecule has 0 atom stereocenters. The molecular formula is C20H15ClF3N3O3S. The van der Waals surface area contributed by atoms with Gasteiger partial charge in [0, 0.05) is 10.6 Å². The molecule has 1 amide bonds. The Morgan fingerprint density at radius 1 is 0.903 bits per heavy atom. The van der Waals surface area contributed by atoms with Crippen molar-refractivity contribution in [2.45, 2.75) is 11.1 Å². The first-order chi connectivity index (χ1) is 14.6. The number of para-hydroxylation sites is 1. The summed E-state index contributed by atoms with van der Waals surface area (Å²) in [6.45, 7) is 0. The van der Waals surface area contributed by atoms with Crippen LogP contribution in [0, 0.1) is 0 Å². The summed E-state index contributed by atoms with van der Waals surface area (Å²) in [7, 11) is -4.04. The van der Waals surface area contributed by atoms with E-state index in [2.05, 4.69) is 15.6 Å². The van der Waals surface area contributed by atoms with Crippen LogP contribution in [0.3, 0.4) is 0 Å². The maximum atomic E-state index is 13.0. The highest BCUT2D eigenvalue weighted by atomic mass is 35.5. The predicted octanol–water partition coefficient (Wildman–Crippen LogP) is 4.92. The predicted molar refractivity (Wildman–Crippen MR) is 111 cm³/mol. The normalized spacial score (nSPS) is 11.6. The van der Waals surface area contributed by atoms with E-state index >= 15 is 0 Å². The molecular weight excluding hydrogens is 455 g/mol. The summed E-state index contributed by atoms with van der Waals surface area (Å²) in [5.41, 5.74) is 3.20. The number of benzene rings is 3. The largest absolute Gasteiger partial charge is 0.418 e. The van der Waals surface area contributed by atoms with Crippen molar-refractivity contribution in [3.8, 4) is 0 Å². The highest BCUT2D eigenvalue weighted by Gasteiger charge is 2.33. The molecule has 11 heteroatoms. The third-order valence-electron chi connectivity index (χ3n) is 4.03. The van der Waals surface area contributed by atoms with Crippen LogP contribution in [0.15, 0.2) is 77.7 Å². The van der Waals surface area contributed by atoms with Gasteiger partial charge >= 0.3 is 6.18 Å². The van der Waals surface area contributed by atoms with Gasteiger partial charge in [-0.2, -0.15) is 13.2 Å². The fourth-order valence-corrected chi connectivity index (χ4v) is 3.89. The first kappa shape index (κ1) is 22.4. The molecule has 0 radical (unpaired) electrons. The van der Waals surface area contributed by atoms with Crippen molar-refractivity contribution in [2.75, 3.05) is 10.1 Å². The smallest absolute Gasteiger partial charge is 0.298 e. The summed E-state index contributed by atoms with van der Waals surface area (Å²) in [5, 5.41) is 0.332. The van der Waals surface area contributed by atoms with Crippen LogP contribution in [-0.2, 0) is 16.2 Å². The van der Waals surface area contributed by atoms with Gasteiger partial charge in [-0.15, -0.1) is 0 Å². The number of carbonyl (C=O) groups excluding carboxylic acids is 1. The molecule has 0 unspecified atom stereocenters. The van der Waals surface area contributed by atoms with E-state index in [4.69, 9.17) is 11.6 Å². The van der Waals surface area contributed by atoms with Gasteiger partial charge in [0.15, 0.2) is 0 Å². The van der Waals surface area contributed by atoms with Crippen LogP contribution in [0.25, 0.3) is 0 Å². The van der Waals surface area contributed by atoms with Gasteiger partial charge in [-0.1, -0.05) is 35.9 Å². The molecule has 0 fully saturated rings. The fourth-order valence-electron chi connectivity index (χ4n) is 2.61. The number of alkyl halides is 3. The molecule has 0 aliphatic carbocycles. The monoisotopic (exact) mass is 469 g/mol. The lowest BCUT2D eigenvalue weighted by Crippen LogP contribution is -2.30. The van der Waals surface area contributed by atoms with Gasteiger partial charge in [0.05, 0.1) is 21.8 Å². The van der Waals surface area contributed by atoms with Gasteiger partial charge in [0.2, 0.25) is 0 Å². The minimum absolute atomic E-state index is 0.0778. The van der Waals surface area contributed by atoms with Crippen LogP contribution in [0.4, 0.5) is 24.5 Å². The summed E-state index contributed by atoms with van der Waals surface area (Å²) >= 11 is 5.85. The SMILES string of the molecule is O=C(NNc1ccccc1C(F)(F)F)c1cccc(S(=O)(=O)Nc2cccc(Cl)c2)c1. The summed E-state index contributed by atoms with van der Waals surface area (Å²) in [6, 6.07) is 15.7. The molecule has 0 bridgehead atoms. The molecule has 6 nitrogen and oxygen atoms in total. The number of carbonyl (C=O) groups is 1. The third-order valence-corrected chi connectivity index (χ3v) is 5.64. The number of hydrazine groups is 1. The lowest BCUT2D eigenvalue weighted by atomic mass is 10.2. The molecule has 3 aromatic rings. The second-order valence-corrected chi connectivity index (χ2v) is 8.38. The Morgan fingerprint density at radius 2 is 1.61 bits per heavy atom. The van der Waals surface area contributed by atoms with Crippen LogP contribution in [-0.4, -0.2) is 14.3 Å². The van der Waals surface area contributed by atoms with E-state index in [9.17, 15) is 26.4 Å². The molecule has 0 spiro atoms. The number of sulfonamides is 1. The second-order valence-electron chi connectivity index (χ2n) is 6.27. The Kier molecular flexibility index (Phi) is 6.42. The molecule has 0 heterocycles. The molecule has 0 aliphatic rings. The fraction of sp³-hybridized carbons (Fsp3) is 0.0500. The Labute approximate surface area is 181 Å². The first-order valence-corrected chi connectivity index (χ1v) is 10.5. The van der Waals surface area contributed by atoms with Crippen molar-refractivity contribution in [1.82, 2.24) is 5.43 Å². The number of halogens is 4. The van der Waals surface area contributed by atoms with Crippen molar-refractivity contribution in [1.29, 1.82) is 0 Å². The van der Waals surface area contributed by atoms with E-state index in [1.165, 1.54) is 42.5 Å². The summed E-state index contributed by atoms with van der Waals surface area (Å²) in [6.07, 6.45) is -4.62. The summed E-state index contributed by atoms with van der Waals surface area (Å²) < 4.78 is 66.7. The average Bonchev–Trinajstić information content (AvgIpc) is 2.71. The van der Waals surface area contributed by atoms with Gasteiger partial charge in [0.25, 0.3) is 15.9 Å². The zero-order valence-electron chi connectivity index (χ0n) is 15.6. The number of anilines is 2. The molecule has 162 valence electrons. The van der Waals surface area contributed by atoms with Crippen molar-refractivity contribution in [3.05, 3.63) is 88.9 Å². The highest BCUT2D eigenvalue weighted by molar-refractivity contribution is 7.92. The van der Waals surface area contributed by atoms with Gasteiger partial charge in [0.1, 0.15) is 0 Å². The standard InChI is InChI=1S/C20H15ClF3N3O3S/c21-14-6-4-7-15(12-14)27-31(29,30)16-8-3-5-13(11-16)19(28)26-25-18-10-2-1-9-17(18)20(22,23)24/h1-12,25,27H,(H,26,28). The first-order valence-electron chi connectivity index (χ1n) is 8.67. The van der Waals surface area contributed by atoms with E-state index in [0.717, 1.165) is 18.2 Å². The minimum atomic E-state index is -4.62. The average molecular weight is 470 g/mol. The third kappa shape index (κ3) is 5.68. The van der Waals surface area contributed by atoms with Crippen molar-refractivity contribution >= 4 is 38.9 Å². The number of hydrogen-bond acceptors (Lipinski definition) is 4. The van der Waals surface area contributed by atoms with Crippen LogP contribution >= 0.6 is 11.6 Å². The van der Waals surface area contributed by atoms with Gasteiger partial charge in [-0.05, 0) is 48.5 Å². The van der Waals surface area contributed by atoms with E-state index < -0.39 is 27.7 Å². The van der Waals surface area contributed by atoms with Crippen molar-refractivity contribution in [3.63, 3.8) is 0 Å². The van der Waals surface area contributed by atoms with E-state index in [1.54, 1.807) is 12.1 Å². The lowest BCUT2D eigenvalue weighted by molar-refractivity contribution is -0.137. The molecule has 0 saturated heterocycles. The van der Waals surface area contributed by atoms with Gasteiger partial charge in [-0.3, -0.25) is 20.4 Å². The van der Waals surface area contributed by atoms with Crippen LogP contribution < -0.4 is 15.6 Å². The summed E-state index contributed by atoms with van der Waals surface area (Å²) in [4.78, 5) is 12.2. The Morgan fingerprint density at radius 3 is 2.32 bits per heavy atom. The van der Waals surface area contributed by atoms with Crippen molar-refractivity contribution in [2.24, 2.45) is 0 Å². The van der Waals surface area contributed by atoms with Gasteiger partial charge in [-0.25, -0.2) is 8.42 Å². The molecule has 0 aliphatic heterocycles. The Balaban J connectivity index is 1.76. The molecule has 3 aromatic carbocycles.